The molecule has 3 rings (SSSR count). The third kappa shape index (κ3) is 8.19. The number of nitrogens with one attached hydrogen (secondary N) is 1. The van der Waals surface area contributed by atoms with E-state index in [1.165, 1.54) is 11.1 Å². The number of hydrogen-bond donors (Lipinski definition) is 2. The Labute approximate surface area is 180 Å². The van der Waals surface area contributed by atoms with Crippen molar-refractivity contribution >= 4 is 30.7 Å². The highest BCUT2D eigenvalue weighted by molar-refractivity contribution is 5.85. The quantitative estimate of drug-likeness (QED) is 0.709. The molecule has 4 nitrogen and oxygen atoms in total. The molecule has 0 atom stereocenters. The monoisotopic (exact) mass is 423 g/mol. The second-order valence-electron chi connectivity index (χ2n) is 7.30. The molecule has 0 unspecified atom stereocenters. The summed E-state index contributed by atoms with van der Waals surface area (Å²) in [7, 11) is 0. The van der Waals surface area contributed by atoms with E-state index >= 15 is 0 Å². The number of nitrogens with two attached hydrogens (primary N) is 1. The second kappa shape index (κ2) is 12.8. The van der Waals surface area contributed by atoms with Crippen molar-refractivity contribution in [2.75, 3.05) is 6.54 Å². The number of halogens is 2. The molecule has 0 aliphatic heterocycles. The molecule has 0 heterocycles. The first kappa shape index (κ1) is 24.4. The number of nitrogens with zero attached hydrogens (tertiary/aromatic N) is 1. The molecule has 3 N–H and O–H groups in total. The van der Waals surface area contributed by atoms with Gasteiger partial charge in [-0.25, -0.2) is 0 Å². The molecular weight excluding hydrogens is 393 g/mol. The van der Waals surface area contributed by atoms with E-state index in [9.17, 15) is 4.79 Å². The summed E-state index contributed by atoms with van der Waals surface area (Å²) in [6.45, 7) is 1.93. The van der Waals surface area contributed by atoms with Gasteiger partial charge in [0, 0.05) is 25.2 Å². The van der Waals surface area contributed by atoms with Crippen LogP contribution in [-0.4, -0.2) is 29.4 Å². The third-order valence-corrected chi connectivity index (χ3v) is 5.00. The second-order valence-corrected chi connectivity index (χ2v) is 7.30. The summed E-state index contributed by atoms with van der Waals surface area (Å²) in [6, 6.07) is 21.2. The Morgan fingerprint density at radius 1 is 0.857 bits per heavy atom. The standard InChI is InChI=1S/C22H29N3O.2ClH/c23-20-11-13-21(14-12-20)24-22(26)17-25(15-18-7-3-1-4-8-18)16-19-9-5-2-6-10-19;;/h1-10,20-21H,11-17,23H2,(H,24,26);2*1H. The average Bonchev–Trinajstić information content (AvgIpc) is 2.65. The smallest absolute Gasteiger partial charge is 0.234 e. The minimum atomic E-state index is 0. The Kier molecular flexibility index (Phi) is 11.2. The molecule has 2 aromatic rings. The first-order chi connectivity index (χ1) is 12.7. The number of carbonyl (C=O) groups excluding carboxylic acids is 1. The van der Waals surface area contributed by atoms with E-state index in [-0.39, 0.29) is 36.8 Å². The van der Waals surface area contributed by atoms with E-state index in [0.29, 0.717) is 12.6 Å². The number of amides is 1. The minimum absolute atomic E-state index is 0. The van der Waals surface area contributed by atoms with Crippen LogP contribution in [0, 0.1) is 0 Å². The van der Waals surface area contributed by atoms with Gasteiger partial charge < -0.3 is 11.1 Å². The SMILES string of the molecule is Cl.Cl.NC1CCC(NC(=O)CN(Cc2ccccc2)Cc2ccccc2)CC1. The van der Waals surface area contributed by atoms with Crippen molar-refractivity contribution in [2.24, 2.45) is 5.73 Å². The molecule has 0 saturated heterocycles. The topological polar surface area (TPSA) is 58.4 Å². The lowest BCUT2D eigenvalue weighted by Crippen LogP contribution is -2.44. The zero-order valence-electron chi connectivity index (χ0n) is 16.1. The zero-order valence-corrected chi connectivity index (χ0v) is 17.8. The lowest BCUT2D eigenvalue weighted by atomic mass is 9.92. The fraction of sp³-hybridized carbons (Fsp3) is 0.409. The van der Waals surface area contributed by atoms with Crippen LogP contribution in [0.2, 0.25) is 0 Å². The Hall–Kier alpha value is -1.59. The van der Waals surface area contributed by atoms with Gasteiger partial charge >= 0.3 is 0 Å². The van der Waals surface area contributed by atoms with E-state index in [2.05, 4.69) is 34.5 Å². The van der Waals surface area contributed by atoms with Crippen molar-refractivity contribution in [1.29, 1.82) is 0 Å². The van der Waals surface area contributed by atoms with Crippen LogP contribution < -0.4 is 11.1 Å². The number of hydrogen-bond acceptors (Lipinski definition) is 3. The first-order valence-electron chi connectivity index (χ1n) is 9.54. The fourth-order valence-corrected chi connectivity index (χ4v) is 3.59. The van der Waals surface area contributed by atoms with Gasteiger partial charge in [0.2, 0.25) is 5.91 Å². The molecule has 154 valence electrons. The number of rotatable bonds is 7. The first-order valence-corrected chi connectivity index (χ1v) is 9.54. The van der Waals surface area contributed by atoms with Gasteiger partial charge in [0.05, 0.1) is 6.54 Å². The Morgan fingerprint density at radius 2 is 1.32 bits per heavy atom. The molecule has 6 heteroatoms. The highest BCUT2D eigenvalue weighted by Crippen LogP contribution is 2.17. The van der Waals surface area contributed by atoms with Crippen molar-refractivity contribution in [3.05, 3.63) is 71.8 Å². The van der Waals surface area contributed by atoms with E-state index in [1.807, 2.05) is 36.4 Å². The average molecular weight is 424 g/mol. The maximum absolute atomic E-state index is 12.6. The van der Waals surface area contributed by atoms with Crippen LogP contribution in [0.4, 0.5) is 0 Å². The van der Waals surface area contributed by atoms with Crippen LogP contribution in [-0.2, 0) is 17.9 Å². The van der Waals surface area contributed by atoms with Crippen molar-refractivity contribution in [3.63, 3.8) is 0 Å². The third-order valence-electron chi connectivity index (χ3n) is 5.00. The van der Waals surface area contributed by atoms with Crippen LogP contribution in [0.25, 0.3) is 0 Å². The van der Waals surface area contributed by atoms with E-state index in [4.69, 9.17) is 5.73 Å². The van der Waals surface area contributed by atoms with Crippen molar-refractivity contribution in [3.8, 4) is 0 Å². The molecule has 1 saturated carbocycles. The summed E-state index contributed by atoms with van der Waals surface area (Å²) in [5.41, 5.74) is 8.40. The summed E-state index contributed by atoms with van der Waals surface area (Å²) in [6.07, 6.45) is 3.99. The zero-order chi connectivity index (χ0) is 18.2. The summed E-state index contributed by atoms with van der Waals surface area (Å²) < 4.78 is 0. The van der Waals surface area contributed by atoms with Crippen LogP contribution in [0.3, 0.4) is 0 Å². The van der Waals surface area contributed by atoms with E-state index in [0.717, 1.165) is 38.8 Å². The van der Waals surface area contributed by atoms with Crippen molar-refractivity contribution < 1.29 is 4.79 Å². The predicted molar refractivity (Wildman–Crippen MR) is 120 cm³/mol. The normalized spacial score (nSPS) is 18.6. The molecule has 0 aromatic heterocycles. The van der Waals surface area contributed by atoms with Crippen molar-refractivity contribution in [1.82, 2.24) is 10.2 Å². The van der Waals surface area contributed by atoms with Gasteiger partial charge in [-0.1, -0.05) is 60.7 Å². The van der Waals surface area contributed by atoms with E-state index < -0.39 is 0 Å². The van der Waals surface area contributed by atoms with Gasteiger partial charge in [-0.3, -0.25) is 9.69 Å². The molecule has 0 bridgehead atoms. The number of benzene rings is 2. The van der Waals surface area contributed by atoms with Crippen LogP contribution in [0.5, 0.6) is 0 Å². The van der Waals surface area contributed by atoms with Crippen LogP contribution in [0.1, 0.15) is 36.8 Å². The molecular formula is C22H31Cl2N3O. The van der Waals surface area contributed by atoms with E-state index in [1.54, 1.807) is 0 Å². The Morgan fingerprint density at radius 3 is 1.79 bits per heavy atom. The van der Waals surface area contributed by atoms with Gasteiger partial charge in [-0.15, -0.1) is 24.8 Å². The summed E-state index contributed by atoms with van der Waals surface area (Å²) in [5, 5.41) is 3.21. The van der Waals surface area contributed by atoms with Crippen LogP contribution in [0.15, 0.2) is 60.7 Å². The summed E-state index contributed by atoms with van der Waals surface area (Å²) in [5.74, 6) is 0.109. The Bertz CT molecular complexity index is 635. The summed E-state index contributed by atoms with van der Waals surface area (Å²) >= 11 is 0. The fourth-order valence-electron chi connectivity index (χ4n) is 3.59. The van der Waals surface area contributed by atoms with Crippen molar-refractivity contribution in [2.45, 2.75) is 50.9 Å². The van der Waals surface area contributed by atoms with Gasteiger partial charge in [0.1, 0.15) is 0 Å². The van der Waals surface area contributed by atoms with Gasteiger partial charge in [-0.05, 0) is 36.8 Å². The van der Waals surface area contributed by atoms with Gasteiger partial charge in [-0.2, -0.15) is 0 Å². The van der Waals surface area contributed by atoms with Gasteiger partial charge in [0.15, 0.2) is 0 Å². The summed E-state index contributed by atoms with van der Waals surface area (Å²) in [4.78, 5) is 14.8. The molecule has 28 heavy (non-hydrogen) atoms. The molecule has 1 aliphatic rings. The lowest BCUT2D eigenvalue weighted by molar-refractivity contribution is -0.123. The molecule has 1 fully saturated rings. The molecule has 0 spiro atoms. The molecule has 0 radical (unpaired) electrons. The number of carbonyl (C=O) groups is 1. The van der Waals surface area contributed by atoms with Gasteiger partial charge in [0.25, 0.3) is 0 Å². The minimum Gasteiger partial charge on any atom is -0.352 e. The largest absolute Gasteiger partial charge is 0.352 e. The highest BCUT2D eigenvalue weighted by Gasteiger charge is 2.21. The molecule has 1 amide bonds. The van der Waals surface area contributed by atoms with Crippen LogP contribution >= 0.6 is 24.8 Å². The predicted octanol–water partition coefficient (Wildman–Crippen LogP) is 3.92. The maximum atomic E-state index is 12.6. The maximum Gasteiger partial charge on any atom is 0.234 e. The Balaban J connectivity index is 0.00000196. The molecule has 2 aromatic carbocycles. The molecule has 1 aliphatic carbocycles. The lowest BCUT2D eigenvalue weighted by Gasteiger charge is -2.28. The highest BCUT2D eigenvalue weighted by atomic mass is 35.5.